The molecule has 0 spiro atoms. The highest BCUT2D eigenvalue weighted by Crippen LogP contribution is 2.38. The summed E-state index contributed by atoms with van der Waals surface area (Å²) in [5, 5.41) is 13.9. The van der Waals surface area contributed by atoms with Crippen molar-refractivity contribution in [2.75, 3.05) is 40.9 Å². The van der Waals surface area contributed by atoms with Crippen molar-refractivity contribution in [2.45, 2.75) is 244 Å². The van der Waals surface area contributed by atoms with E-state index < -0.39 is 26.6 Å². The lowest BCUT2D eigenvalue weighted by molar-refractivity contribution is -0.870. The summed E-state index contributed by atoms with van der Waals surface area (Å²) in [5.74, 6) is -0.245. The number of carbonyl (C=O) groups is 1. The zero-order valence-electron chi connectivity index (χ0n) is 51.7. The Balaban J connectivity index is 4.31. The molecule has 3 atom stereocenters. The molecule has 0 fully saturated rings. The average molecular weight is 1130 g/mol. The largest absolute Gasteiger partial charge is 0.756 e. The van der Waals surface area contributed by atoms with Crippen molar-refractivity contribution in [1.82, 2.24) is 5.32 Å². The van der Waals surface area contributed by atoms with Gasteiger partial charge in [0.15, 0.2) is 0 Å². The number of nitrogens with zero attached hydrogens (tertiary/aromatic N) is 1. The summed E-state index contributed by atoms with van der Waals surface area (Å²) in [6.45, 7) is 4.48. The first-order chi connectivity index (χ1) is 39.0. The van der Waals surface area contributed by atoms with Crippen LogP contribution < -0.4 is 10.2 Å². The van der Waals surface area contributed by atoms with E-state index in [4.69, 9.17) is 9.05 Å². The van der Waals surface area contributed by atoms with Gasteiger partial charge in [0, 0.05) is 6.42 Å². The number of quaternary nitrogens is 1. The second-order valence-corrected chi connectivity index (χ2v) is 23.4. The van der Waals surface area contributed by atoms with Gasteiger partial charge in [-0.05, 0) is 116 Å². The molecule has 0 heterocycles. The summed E-state index contributed by atoms with van der Waals surface area (Å²) in [6, 6.07) is -0.935. The first-order valence-corrected chi connectivity index (χ1v) is 33.3. The number of nitrogens with one attached hydrogen (secondary N) is 1. The molecule has 454 valence electrons. The molecule has 0 aliphatic heterocycles. The van der Waals surface area contributed by atoms with E-state index in [1.54, 1.807) is 6.08 Å². The molecular weight excluding hydrogens is 1010 g/mol. The first kappa shape index (κ1) is 76.1. The Bertz CT molecular complexity index is 1860. The van der Waals surface area contributed by atoms with Crippen LogP contribution >= 0.6 is 7.82 Å². The highest BCUT2D eigenvalue weighted by atomic mass is 31.2. The number of aliphatic hydroxyl groups excluding tert-OH is 1. The first-order valence-electron chi connectivity index (χ1n) is 31.8. The maximum absolute atomic E-state index is 13.0. The summed E-state index contributed by atoms with van der Waals surface area (Å²) in [4.78, 5) is 25.5. The molecule has 0 aromatic heterocycles. The molecule has 0 aromatic rings. The highest BCUT2D eigenvalue weighted by molar-refractivity contribution is 7.45. The van der Waals surface area contributed by atoms with E-state index >= 15 is 0 Å². The van der Waals surface area contributed by atoms with E-state index in [0.717, 1.165) is 109 Å². The molecule has 0 aliphatic rings. The van der Waals surface area contributed by atoms with Crippen molar-refractivity contribution >= 4 is 13.7 Å². The van der Waals surface area contributed by atoms with Gasteiger partial charge in [-0.25, -0.2) is 0 Å². The SMILES string of the molecule is CC/C=C\C/C=C\C/C=C\C/C=C\C/C=C\C/C=C\C/C=C\C/C=C\C/C=C\C/C=C\C/C=C\CCCCCC(=O)NC(COP(=O)([O-])OCC[N+](C)(C)C)C(O)/C=C/CC/C=C/CCCCCCCCCCCCCCCCC. The normalized spacial score (nSPS) is 14.8. The minimum Gasteiger partial charge on any atom is -0.756 e. The molecule has 0 aromatic carbocycles. The monoisotopic (exact) mass is 1130 g/mol. The van der Waals surface area contributed by atoms with E-state index in [1.165, 1.54) is 96.3 Å². The summed E-state index contributed by atoms with van der Waals surface area (Å²) in [7, 11) is 1.20. The predicted molar refractivity (Wildman–Crippen MR) is 347 cm³/mol. The third kappa shape index (κ3) is 61.7. The van der Waals surface area contributed by atoms with Crippen molar-refractivity contribution in [3.8, 4) is 0 Å². The van der Waals surface area contributed by atoms with E-state index in [9.17, 15) is 19.4 Å². The Morgan fingerprint density at radius 2 is 0.775 bits per heavy atom. The van der Waals surface area contributed by atoms with E-state index in [-0.39, 0.29) is 18.9 Å². The lowest BCUT2D eigenvalue weighted by Gasteiger charge is -2.29. The third-order valence-corrected chi connectivity index (χ3v) is 14.2. The van der Waals surface area contributed by atoms with Crippen LogP contribution in [0.5, 0.6) is 0 Å². The zero-order valence-corrected chi connectivity index (χ0v) is 52.6. The fraction of sp³-hybridized carbons (Fsp3) is 0.620. The number of allylic oxidation sites excluding steroid dienone is 25. The van der Waals surface area contributed by atoms with Gasteiger partial charge < -0.3 is 28.8 Å². The molecule has 0 radical (unpaired) electrons. The number of phosphoric acid groups is 1. The van der Waals surface area contributed by atoms with Crippen LogP contribution in [-0.4, -0.2) is 68.5 Å². The van der Waals surface area contributed by atoms with Crippen molar-refractivity contribution < 1.29 is 32.9 Å². The van der Waals surface area contributed by atoms with Gasteiger partial charge in [-0.1, -0.05) is 268 Å². The van der Waals surface area contributed by atoms with Crippen LogP contribution in [0.2, 0.25) is 0 Å². The van der Waals surface area contributed by atoms with Crippen LogP contribution in [0.1, 0.15) is 232 Å². The number of hydrogen-bond donors (Lipinski definition) is 2. The number of unbranched alkanes of at least 4 members (excludes halogenated alkanes) is 19. The Morgan fingerprint density at radius 1 is 0.450 bits per heavy atom. The molecule has 80 heavy (non-hydrogen) atoms. The van der Waals surface area contributed by atoms with Crippen LogP contribution in [0.25, 0.3) is 0 Å². The third-order valence-electron chi connectivity index (χ3n) is 13.2. The van der Waals surface area contributed by atoms with Crippen LogP contribution in [-0.2, 0) is 18.4 Å². The molecular formula is C71H119N2O6P. The van der Waals surface area contributed by atoms with Crippen molar-refractivity contribution in [2.24, 2.45) is 0 Å². The van der Waals surface area contributed by atoms with Gasteiger partial charge in [-0.2, -0.15) is 0 Å². The Kier molecular flexibility index (Phi) is 56.8. The lowest BCUT2D eigenvalue weighted by atomic mass is 10.0. The molecule has 9 heteroatoms. The number of phosphoric ester groups is 1. The minimum atomic E-state index is -4.63. The number of rotatable bonds is 56. The number of aliphatic hydroxyl groups is 1. The van der Waals surface area contributed by atoms with Crippen molar-refractivity contribution in [3.63, 3.8) is 0 Å². The van der Waals surface area contributed by atoms with Gasteiger partial charge in [0.05, 0.1) is 39.9 Å². The van der Waals surface area contributed by atoms with E-state index in [1.807, 2.05) is 27.2 Å². The van der Waals surface area contributed by atoms with Gasteiger partial charge >= 0.3 is 0 Å². The predicted octanol–water partition coefficient (Wildman–Crippen LogP) is 19.6. The molecule has 1 amide bonds. The quantitative estimate of drug-likeness (QED) is 0.0272. The van der Waals surface area contributed by atoms with Crippen LogP contribution in [0, 0.1) is 0 Å². The fourth-order valence-electron chi connectivity index (χ4n) is 8.29. The summed E-state index contributed by atoms with van der Waals surface area (Å²) >= 11 is 0. The van der Waals surface area contributed by atoms with Crippen molar-refractivity contribution in [1.29, 1.82) is 0 Å². The van der Waals surface area contributed by atoms with Crippen LogP contribution in [0.3, 0.4) is 0 Å². The van der Waals surface area contributed by atoms with E-state index in [2.05, 4.69) is 165 Å². The van der Waals surface area contributed by atoms with Crippen LogP contribution in [0.15, 0.2) is 158 Å². The van der Waals surface area contributed by atoms with Gasteiger partial charge in [-0.3, -0.25) is 9.36 Å². The Morgan fingerprint density at radius 3 is 1.16 bits per heavy atom. The molecule has 8 nitrogen and oxygen atoms in total. The van der Waals surface area contributed by atoms with Gasteiger partial charge in [-0.15, -0.1) is 0 Å². The summed E-state index contributed by atoms with van der Waals surface area (Å²) in [5.41, 5.74) is 0. The van der Waals surface area contributed by atoms with Gasteiger partial charge in [0.25, 0.3) is 7.82 Å². The molecule has 0 saturated heterocycles. The smallest absolute Gasteiger partial charge is 0.268 e. The minimum absolute atomic E-state index is 0.0218. The maximum Gasteiger partial charge on any atom is 0.268 e. The average Bonchev–Trinajstić information content (AvgIpc) is 3.42. The molecule has 0 rings (SSSR count). The summed E-state index contributed by atoms with van der Waals surface area (Å²) in [6.07, 6.45) is 93.4. The summed E-state index contributed by atoms with van der Waals surface area (Å²) < 4.78 is 23.3. The van der Waals surface area contributed by atoms with Crippen molar-refractivity contribution in [3.05, 3.63) is 158 Å². The topological polar surface area (TPSA) is 108 Å². The number of hydrogen-bond acceptors (Lipinski definition) is 6. The maximum atomic E-state index is 13.0. The van der Waals surface area contributed by atoms with Crippen LogP contribution in [0.4, 0.5) is 0 Å². The molecule has 0 saturated carbocycles. The zero-order chi connectivity index (χ0) is 58.4. The molecule has 3 unspecified atom stereocenters. The van der Waals surface area contributed by atoms with Gasteiger partial charge in [0.2, 0.25) is 5.91 Å². The van der Waals surface area contributed by atoms with E-state index in [0.29, 0.717) is 17.4 Å². The molecule has 2 N–H and O–H groups in total. The molecule has 0 aliphatic carbocycles. The number of likely N-dealkylation sites (N-methyl/N-ethyl adjacent to an activating group) is 1. The Hall–Kier alpha value is -3.88. The molecule has 0 bridgehead atoms. The second kappa shape index (κ2) is 59.7. The highest BCUT2D eigenvalue weighted by Gasteiger charge is 2.23. The number of amides is 1. The second-order valence-electron chi connectivity index (χ2n) is 22.0. The standard InChI is InChI=1S/C71H119N2O6P/c1-6-8-10-12-14-16-18-20-22-24-26-28-29-30-31-32-33-34-35-36-37-38-39-40-41-42-43-45-47-49-51-53-55-57-59-61-63-65-71(75)72-69(68-79-80(76,77)78-67-66-73(3,4)5)70(74)64-62-60-58-56-54-52-50-48-46-44-27-25-23-21-19-17-15-13-11-9-7-2/h8,10,14,16,20,22,26,28,30-31,33-34,36-37,39-40,42-43,47,49,53-56,62,64,69-70,74H,6-7,9,11-13,15,17-19,21,23-25,27,29,32,35,38,41,44-46,48,50-52,57-61,63,65-68H2,1-5H3,(H-,72,75,76,77)/b10-8-,16-14-,22-20-,28-26-,31-30-,34-33-,37-36-,40-39-,43-42-,49-47-,55-53-,56-54+,64-62+. The lowest BCUT2D eigenvalue weighted by Crippen LogP contribution is -2.45. The fourth-order valence-corrected chi connectivity index (χ4v) is 9.01. The number of carbonyl (C=O) groups excluding carboxylic acids is 1. The van der Waals surface area contributed by atoms with Gasteiger partial charge in [0.1, 0.15) is 13.2 Å². The Labute approximate surface area is 492 Å².